The molecule has 0 unspecified atom stereocenters. The molecule has 154 valence electrons. The summed E-state index contributed by atoms with van der Waals surface area (Å²) in [4.78, 5) is 13.1. The van der Waals surface area contributed by atoms with Crippen LogP contribution in [0.4, 0.5) is 4.39 Å². The van der Waals surface area contributed by atoms with Gasteiger partial charge in [0.15, 0.2) is 16.3 Å². The summed E-state index contributed by atoms with van der Waals surface area (Å²) < 4.78 is 27.4. The number of aryl methyl sites for hydroxylation is 2. The smallest absolute Gasteiger partial charge is 0.278 e. The minimum absolute atomic E-state index is 0.260. The average Bonchev–Trinajstić information content (AvgIpc) is 3.13. The molecular formula is C20H18FN5O3S. The molecule has 8 nitrogen and oxygen atoms in total. The zero-order chi connectivity index (χ0) is 21.3. The summed E-state index contributed by atoms with van der Waals surface area (Å²) in [6.45, 7) is 0.260. The van der Waals surface area contributed by atoms with E-state index in [-0.39, 0.29) is 17.9 Å². The number of halogens is 1. The van der Waals surface area contributed by atoms with Crippen LogP contribution < -0.4 is 15.0 Å². The molecule has 0 radical (unpaired) electrons. The minimum Gasteiger partial charge on any atom is -0.493 e. The molecule has 2 aromatic carbocycles. The van der Waals surface area contributed by atoms with E-state index in [2.05, 4.69) is 15.3 Å². The second-order valence-corrected chi connectivity index (χ2v) is 6.83. The number of rotatable bonds is 6. The van der Waals surface area contributed by atoms with Crippen LogP contribution >= 0.6 is 12.2 Å². The van der Waals surface area contributed by atoms with Crippen LogP contribution in [0.5, 0.6) is 11.5 Å². The maximum absolute atomic E-state index is 13.3. The first kappa shape index (κ1) is 19.8. The molecule has 0 saturated carbocycles. The molecule has 2 aromatic heterocycles. The third-order valence-electron chi connectivity index (χ3n) is 4.74. The Hall–Kier alpha value is -3.53. The summed E-state index contributed by atoms with van der Waals surface area (Å²) in [5, 5.41) is 12.3. The number of aromatic nitrogens is 5. The molecule has 4 aromatic rings. The lowest BCUT2D eigenvalue weighted by Crippen LogP contribution is -2.24. The summed E-state index contributed by atoms with van der Waals surface area (Å²) in [5.74, 6) is 1.09. The van der Waals surface area contributed by atoms with Crippen LogP contribution in [-0.4, -0.2) is 38.8 Å². The van der Waals surface area contributed by atoms with E-state index in [1.807, 2.05) is 0 Å². The van der Waals surface area contributed by atoms with Gasteiger partial charge >= 0.3 is 0 Å². The Labute approximate surface area is 175 Å². The number of benzene rings is 2. The predicted molar refractivity (Wildman–Crippen MR) is 112 cm³/mol. The van der Waals surface area contributed by atoms with Gasteiger partial charge in [0.05, 0.1) is 32.3 Å². The fraction of sp³-hybridized carbons (Fsp3) is 0.200. The highest BCUT2D eigenvalue weighted by Gasteiger charge is 2.15. The molecule has 0 fully saturated rings. The molecule has 4 rings (SSSR count). The van der Waals surface area contributed by atoms with Gasteiger partial charge in [-0.1, -0.05) is 0 Å². The number of nitrogens with one attached hydrogen (secondary N) is 1. The van der Waals surface area contributed by atoms with Gasteiger partial charge in [0, 0.05) is 17.5 Å². The average molecular weight is 427 g/mol. The highest BCUT2D eigenvalue weighted by Crippen LogP contribution is 2.32. The molecule has 0 atom stereocenters. The summed E-state index contributed by atoms with van der Waals surface area (Å²) in [6, 6.07) is 9.41. The van der Waals surface area contributed by atoms with Crippen molar-refractivity contribution in [2.24, 2.45) is 0 Å². The molecule has 2 heterocycles. The van der Waals surface area contributed by atoms with Crippen LogP contribution in [0, 0.1) is 10.6 Å². The fourth-order valence-electron chi connectivity index (χ4n) is 3.30. The van der Waals surface area contributed by atoms with E-state index in [4.69, 9.17) is 21.7 Å². The number of hydrogen-bond donors (Lipinski definition) is 1. The Morgan fingerprint density at radius 1 is 1.13 bits per heavy atom. The van der Waals surface area contributed by atoms with Gasteiger partial charge in [-0.2, -0.15) is 10.2 Å². The number of ether oxygens (including phenoxy) is 2. The molecule has 0 amide bonds. The summed E-state index contributed by atoms with van der Waals surface area (Å²) >= 11 is 5.30. The minimum atomic E-state index is -0.341. The maximum Gasteiger partial charge on any atom is 0.278 e. The Morgan fingerprint density at radius 2 is 1.90 bits per heavy atom. The van der Waals surface area contributed by atoms with Crippen molar-refractivity contribution in [3.8, 4) is 17.2 Å². The van der Waals surface area contributed by atoms with Crippen molar-refractivity contribution in [2.45, 2.75) is 13.0 Å². The highest BCUT2D eigenvalue weighted by molar-refractivity contribution is 7.71. The Bertz CT molecular complexity index is 1330. The lowest BCUT2D eigenvalue weighted by Gasteiger charge is -2.12. The van der Waals surface area contributed by atoms with Gasteiger partial charge in [0.2, 0.25) is 0 Å². The van der Waals surface area contributed by atoms with Crippen molar-refractivity contribution in [1.29, 1.82) is 0 Å². The topological polar surface area (TPSA) is 87.0 Å². The van der Waals surface area contributed by atoms with Crippen molar-refractivity contribution < 1.29 is 13.9 Å². The third-order valence-corrected chi connectivity index (χ3v) is 5.01. The summed E-state index contributed by atoms with van der Waals surface area (Å²) in [6.07, 6.45) is 1.98. The van der Waals surface area contributed by atoms with Gasteiger partial charge < -0.3 is 9.47 Å². The van der Waals surface area contributed by atoms with Crippen molar-refractivity contribution in [3.05, 3.63) is 69.4 Å². The van der Waals surface area contributed by atoms with E-state index in [0.717, 1.165) is 0 Å². The predicted octanol–water partition coefficient (Wildman–Crippen LogP) is 3.04. The summed E-state index contributed by atoms with van der Waals surface area (Å²) in [5.41, 5.74) is 0.376. The highest BCUT2D eigenvalue weighted by atomic mass is 32.1. The first-order valence-corrected chi connectivity index (χ1v) is 9.47. The molecule has 0 saturated heterocycles. The van der Waals surface area contributed by atoms with Crippen molar-refractivity contribution in [3.63, 3.8) is 0 Å². The number of aromatic amines is 1. The molecule has 1 N–H and O–H groups in total. The first-order chi connectivity index (χ1) is 14.5. The Balaban J connectivity index is 1.70. The number of nitrogens with zero attached hydrogens (tertiary/aromatic N) is 4. The molecular weight excluding hydrogens is 409 g/mol. The molecule has 0 bridgehead atoms. The van der Waals surface area contributed by atoms with Crippen LogP contribution in [0.25, 0.3) is 16.5 Å². The van der Waals surface area contributed by atoms with E-state index < -0.39 is 0 Å². The molecule has 0 aliphatic heterocycles. The second-order valence-electron chi connectivity index (χ2n) is 6.44. The molecule has 0 aliphatic carbocycles. The normalized spacial score (nSPS) is 11.0. The zero-order valence-corrected chi connectivity index (χ0v) is 17.1. The van der Waals surface area contributed by atoms with Crippen LogP contribution in [0.3, 0.4) is 0 Å². The standard InChI is InChI=1S/C20H18FN5O3S/c1-28-15-8-3-12-11-22-25(19(27)17(12)18(15)29-2)10-9-16-23-24-20(30)26(16)14-6-4-13(21)5-7-14/h3-8,11H,9-10H2,1-2H3,(H,24,30). The monoisotopic (exact) mass is 427 g/mol. The van der Waals surface area contributed by atoms with Crippen LogP contribution in [0.2, 0.25) is 0 Å². The SMILES string of the molecule is COc1ccc2cnn(CCc3n[nH]c(=S)n3-c3ccc(F)cc3)c(=O)c2c1OC. The van der Waals surface area contributed by atoms with E-state index in [1.54, 1.807) is 35.0 Å². The van der Waals surface area contributed by atoms with Crippen molar-refractivity contribution in [2.75, 3.05) is 14.2 Å². The van der Waals surface area contributed by atoms with Crippen molar-refractivity contribution in [1.82, 2.24) is 24.5 Å². The van der Waals surface area contributed by atoms with Crippen LogP contribution in [0.15, 0.2) is 47.4 Å². The number of hydrogen-bond acceptors (Lipinski definition) is 6. The van der Waals surface area contributed by atoms with Gasteiger partial charge in [-0.25, -0.2) is 9.07 Å². The summed E-state index contributed by atoms with van der Waals surface area (Å²) in [7, 11) is 3.00. The van der Waals surface area contributed by atoms with E-state index in [1.165, 1.54) is 31.0 Å². The van der Waals surface area contributed by atoms with Gasteiger partial charge in [-0.15, -0.1) is 0 Å². The Kier molecular flexibility index (Phi) is 5.32. The number of fused-ring (bicyclic) bond motifs is 1. The van der Waals surface area contributed by atoms with Crippen LogP contribution in [-0.2, 0) is 13.0 Å². The molecule has 0 aliphatic rings. The van der Waals surface area contributed by atoms with Crippen molar-refractivity contribution >= 4 is 23.0 Å². The van der Waals surface area contributed by atoms with E-state index in [9.17, 15) is 9.18 Å². The number of H-pyrrole nitrogens is 1. The maximum atomic E-state index is 13.3. The van der Waals surface area contributed by atoms with Crippen LogP contribution in [0.1, 0.15) is 5.82 Å². The number of methoxy groups -OCH3 is 2. The zero-order valence-electron chi connectivity index (χ0n) is 16.3. The molecule has 10 heteroatoms. The quantitative estimate of drug-likeness (QED) is 0.476. The molecule has 0 spiro atoms. The van der Waals surface area contributed by atoms with Gasteiger partial charge in [-0.3, -0.25) is 14.5 Å². The Morgan fingerprint density at radius 3 is 2.60 bits per heavy atom. The lowest BCUT2D eigenvalue weighted by molar-refractivity contribution is 0.358. The molecule has 30 heavy (non-hydrogen) atoms. The largest absolute Gasteiger partial charge is 0.493 e. The third kappa shape index (κ3) is 3.45. The second kappa shape index (κ2) is 8.07. The fourth-order valence-corrected chi connectivity index (χ4v) is 3.56. The van der Waals surface area contributed by atoms with E-state index >= 15 is 0 Å². The van der Waals surface area contributed by atoms with E-state index in [0.29, 0.717) is 45.0 Å². The lowest BCUT2D eigenvalue weighted by atomic mass is 10.1. The first-order valence-electron chi connectivity index (χ1n) is 9.06. The van der Waals surface area contributed by atoms with Gasteiger partial charge in [-0.05, 0) is 48.6 Å². The van der Waals surface area contributed by atoms with Gasteiger partial charge in [0.1, 0.15) is 11.6 Å². The van der Waals surface area contributed by atoms with Gasteiger partial charge in [0.25, 0.3) is 5.56 Å².